The summed E-state index contributed by atoms with van der Waals surface area (Å²) in [6.45, 7) is 0. The molecule has 1 N–H and O–H groups in total. The predicted molar refractivity (Wildman–Crippen MR) is 63.7 cm³/mol. The van der Waals surface area contributed by atoms with Gasteiger partial charge in [0.15, 0.2) is 0 Å². The smallest absolute Gasteiger partial charge is 0.311 e. The highest BCUT2D eigenvalue weighted by Gasteiger charge is 2.34. The standard InChI is InChI=1S/C13H14ClFO2/c14-10-7-3-6-9(12(10)15)11(13(16)17)8-4-1-2-5-8/h3,6-8,11H,1-2,4-5H2,(H,16,17). The number of halogens is 2. The fraction of sp³-hybridized carbons (Fsp3) is 0.462. The molecule has 0 heterocycles. The van der Waals surface area contributed by atoms with Crippen molar-refractivity contribution in [1.29, 1.82) is 0 Å². The van der Waals surface area contributed by atoms with Crippen LogP contribution in [0.3, 0.4) is 0 Å². The molecule has 1 atom stereocenters. The van der Waals surface area contributed by atoms with Crippen molar-refractivity contribution >= 4 is 17.6 Å². The average molecular weight is 257 g/mol. The highest BCUT2D eigenvalue weighted by molar-refractivity contribution is 6.30. The first-order valence-electron chi connectivity index (χ1n) is 5.78. The van der Waals surface area contributed by atoms with Gasteiger partial charge in [0.25, 0.3) is 0 Å². The maximum Gasteiger partial charge on any atom is 0.311 e. The van der Waals surface area contributed by atoms with E-state index in [1.165, 1.54) is 12.1 Å². The van der Waals surface area contributed by atoms with E-state index in [2.05, 4.69) is 0 Å². The van der Waals surface area contributed by atoms with Crippen LogP contribution >= 0.6 is 11.6 Å². The molecule has 1 aromatic rings. The van der Waals surface area contributed by atoms with Crippen molar-refractivity contribution in [2.45, 2.75) is 31.6 Å². The van der Waals surface area contributed by atoms with Crippen LogP contribution in [0.1, 0.15) is 37.2 Å². The Hall–Kier alpha value is -1.09. The average Bonchev–Trinajstić information content (AvgIpc) is 2.77. The molecule has 4 heteroatoms. The van der Waals surface area contributed by atoms with Gasteiger partial charge in [-0.2, -0.15) is 0 Å². The highest BCUT2D eigenvalue weighted by Crippen LogP contribution is 2.39. The first-order chi connectivity index (χ1) is 8.11. The maximum absolute atomic E-state index is 13.9. The molecule has 2 rings (SSSR count). The topological polar surface area (TPSA) is 37.3 Å². The van der Waals surface area contributed by atoms with Crippen molar-refractivity contribution in [3.05, 3.63) is 34.6 Å². The minimum atomic E-state index is -0.960. The molecule has 17 heavy (non-hydrogen) atoms. The van der Waals surface area contributed by atoms with Crippen LogP contribution in [-0.2, 0) is 4.79 Å². The Morgan fingerprint density at radius 2 is 2.06 bits per heavy atom. The molecule has 0 aliphatic heterocycles. The van der Waals surface area contributed by atoms with Gasteiger partial charge in [0.1, 0.15) is 5.82 Å². The number of carbonyl (C=O) groups is 1. The Morgan fingerprint density at radius 3 is 2.65 bits per heavy atom. The van der Waals surface area contributed by atoms with Gasteiger partial charge in [-0.1, -0.05) is 36.6 Å². The van der Waals surface area contributed by atoms with Gasteiger partial charge in [0.2, 0.25) is 0 Å². The van der Waals surface area contributed by atoms with Crippen LogP contribution in [0.25, 0.3) is 0 Å². The molecule has 1 saturated carbocycles. The van der Waals surface area contributed by atoms with Crippen molar-refractivity contribution in [3.8, 4) is 0 Å². The van der Waals surface area contributed by atoms with Gasteiger partial charge >= 0.3 is 5.97 Å². The van der Waals surface area contributed by atoms with Gasteiger partial charge in [-0.25, -0.2) is 4.39 Å². The van der Waals surface area contributed by atoms with Gasteiger partial charge in [0, 0.05) is 5.56 Å². The summed E-state index contributed by atoms with van der Waals surface area (Å²) >= 11 is 5.70. The second-order valence-corrected chi connectivity index (χ2v) is 4.91. The van der Waals surface area contributed by atoms with Gasteiger partial charge in [0.05, 0.1) is 10.9 Å². The van der Waals surface area contributed by atoms with E-state index < -0.39 is 17.7 Å². The molecule has 1 aliphatic rings. The molecule has 92 valence electrons. The number of carboxylic acid groups (broad SMARTS) is 1. The van der Waals surface area contributed by atoms with Crippen molar-refractivity contribution in [2.24, 2.45) is 5.92 Å². The maximum atomic E-state index is 13.9. The van der Waals surface area contributed by atoms with E-state index in [9.17, 15) is 14.3 Å². The van der Waals surface area contributed by atoms with E-state index in [1.54, 1.807) is 6.07 Å². The Balaban J connectivity index is 2.38. The number of benzene rings is 1. The van der Waals surface area contributed by atoms with Gasteiger partial charge < -0.3 is 5.11 Å². The number of hydrogen-bond acceptors (Lipinski definition) is 1. The predicted octanol–water partition coefficient (Wildman–Crippen LogP) is 3.84. The van der Waals surface area contributed by atoms with Crippen LogP contribution < -0.4 is 0 Å². The Labute approximate surface area is 104 Å². The lowest BCUT2D eigenvalue weighted by Crippen LogP contribution is -2.20. The zero-order valence-electron chi connectivity index (χ0n) is 9.33. The zero-order valence-corrected chi connectivity index (χ0v) is 10.1. The summed E-state index contributed by atoms with van der Waals surface area (Å²) in [6, 6.07) is 4.57. The number of rotatable bonds is 3. The van der Waals surface area contributed by atoms with Gasteiger partial charge in [-0.15, -0.1) is 0 Å². The van der Waals surface area contributed by atoms with Crippen LogP contribution in [0.5, 0.6) is 0 Å². The highest BCUT2D eigenvalue weighted by atomic mass is 35.5. The minimum absolute atomic E-state index is 0.00764. The second kappa shape index (κ2) is 5.05. The van der Waals surface area contributed by atoms with Crippen molar-refractivity contribution in [1.82, 2.24) is 0 Å². The lowest BCUT2D eigenvalue weighted by molar-refractivity contribution is -0.140. The van der Waals surface area contributed by atoms with Crippen molar-refractivity contribution < 1.29 is 14.3 Å². The first kappa shape index (κ1) is 12.4. The van der Waals surface area contributed by atoms with E-state index in [0.717, 1.165) is 25.7 Å². The molecule has 0 aromatic heterocycles. The number of hydrogen-bond donors (Lipinski definition) is 1. The molecule has 1 fully saturated rings. The largest absolute Gasteiger partial charge is 0.481 e. The molecule has 0 bridgehead atoms. The molecular formula is C13H14ClFO2. The van der Waals surface area contributed by atoms with Gasteiger partial charge in [-0.05, 0) is 24.8 Å². The van der Waals surface area contributed by atoms with E-state index >= 15 is 0 Å². The Morgan fingerprint density at radius 1 is 1.41 bits per heavy atom. The van der Waals surface area contributed by atoms with Crippen LogP contribution in [0.2, 0.25) is 5.02 Å². The lowest BCUT2D eigenvalue weighted by Gasteiger charge is -2.20. The first-order valence-corrected chi connectivity index (χ1v) is 6.15. The minimum Gasteiger partial charge on any atom is -0.481 e. The Bertz CT molecular complexity index is 427. The van der Waals surface area contributed by atoms with Crippen molar-refractivity contribution in [3.63, 3.8) is 0 Å². The molecule has 2 nitrogen and oxygen atoms in total. The molecule has 1 unspecified atom stereocenters. The quantitative estimate of drug-likeness (QED) is 0.892. The lowest BCUT2D eigenvalue weighted by atomic mass is 9.84. The van der Waals surface area contributed by atoms with E-state index in [4.69, 9.17) is 11.6 Å². The van der Waals surface area contributed by atoms with E-state index in [1.807, 2.05) is 0 Å². The third-order valence-electron chi connectivity index (χ3n) is 3.45. The summed E-state index contributed by atoms with van der Waals surface area (Å²) in [4.78, 5) is 11.3. The normalized spacial score (nSPS) is 18.2. The third-order valence-corrected chi connectivity index (χ3v) is 3.75. The van der Waals surface area contributed by atoms with E-state index in [0.29, 0.717) is 0 Å². The van der Waals surface area contributed by atoms with Crippen LogP contribution in [0.15, 0.2) is 18.2 Å². The summed E-state index contributed by atoms with van der Waals surface area (Å²) < 4.78 is 13.9. The summed E-state index contributed by atoms with van der Waals surface area (Å²) in [6.07, 6.45) is 3.75. The Kier molecular flexibility index (Phi) is 3.67. The van der Waals surface area contributed by atoms with Crippen LogP contribution in [0, 0.1) is 11.7 Å². The summed E-state index contributed by atoms with van der Waals surface area (Å²) in [5.74, 6) is -2.29. The zero-order chi connectivity index (χ0) is 12.4. The second-order valence-electron chi connectivity index (χ2n) is 4.50. The van der Waals surface area contributed by atoms with Gasteiger partial charge in [-0.3, -0.25) is 4.79 Å². The summed E-state index contributed by atoms with van der Waals surface area (Å²) in [7, 11) is 0. The SMILES string of the molecule is O=C(O)C(c1cccc(Cl)c1F)C1CCCC1. The molecule has 0 spiro atoms. The summed E-state index contributed by atoms with van der Waals surface area (Å²) in [5.41, 5.74) is 0.219. The number of carboxylic acids is 1. The molecule has 1 aliphatic carbocycles. The molecular weight excluding hydrogens is 243 g/mol. The fourth-order valence-corrected chi connectivity index (χ4v) is 2.82. The van der Waals surface area contributed by atoms with Crippen LogP contribution in [0.4, 0.5) is 4.39 Å². The third kappa shape index (κ3) is 2.44. The molecule has 1 aromatic carbocycles. The van der Waals surface area contributed by atoms with E-state index in [-0.39, 0.29) is 16.5 Å². The molecule has 0 amide bonds. The summed E-state index contributed by atoms with van der Waals surface area (Å²) in [5, 5.41) is 9.29. The monoisotopic (exact) mass is 256 g/mol. The number of aliphatic carboxylic acids is 1. The fourth-order valence-electron chi connectivity index (χ4n) is 2.64. The molecule has 0 saturated heterocycles. The van der Waals surface area contributed by atoms with Crippen molar-refractivity contribution in [2.75, 3.05) is 0 Å². The van der Waals surface area contributed by atoms with Crippen LogP contribution in [-0.4, -0.2) is 11.1 Å². The molecule has 0 radical (unpaired) electrons.